The Morgan fingerprint density at radius 1 is 1.50 bits per heavy atom. The van der Waals surface area contributed by atoms with E-state index in [2.05, 4.69) is 6.92 Å². The van der Waals surface area contributed by atoms with Gasteiger partial charge in [-0.2, -0.15) is 4.31 Å². The van der Waals surface area contributed by atoms with Gasteiger partial charge in [-0.1, -0.05) is 24.9 Å². The Hall–Kier alpha value is -0.850. The van der Waals surface area contributed by atoms with Gasteiger partial charge in [0.05, 0.1) is 10.7 Å². The van der Waals surface area contributed by atoms with E-state index >= 15 is 0 Å². The Morgan fingerprint density at radius 2 is 2.20 bits per heavy atom. The summed E-state index contributed by atoms with van der Waals surface area (Å²) in [7, 11) is -3.71. The highest BCUT2D eigenvalue weighted by molar-refractivity contribution is 7.89. The van der Waals surface area contributed by atoms with Gasteiger partial charge in [0, 0.05) is 13.1 Å². The van der Waals surface area contributed by atoms with Crippen molar-refractivity contribution in [1.82, 2.24) is 4.31 Å². The van der Waals surface area contributed by atoms with E-state index in [-0.39, 0.29) is 15.6 Å². The molecule has 20 heavy (non-hydrogen) atoms. The van der Waals surface area contributed by atoms with E-state index in [1.807, 2.05) is 0 Å². The summed E-state index contributed by atoms with van der Waals surface area (Å²) in [6.07, 6.45) is 2.88. The largest absolute Gasteiger partial charge is 0.396 e. The molecular formula is C13H18ClFN2O2S. The summed E-state index contributed by atoms with van der Waals surface area (Å²) in [5, 5.41) is -0.129. The number of hydrogen-bond acceptors (Lipinski definition) is 3. The summed E-state index contributed by atoms with van der Waals surface area (Å²) < 4.78 is 39.7. The number of rotatable bonds is 4. The van der Waals surface area contributed by atoms with Crippen LogP contribution in [0.1, 0.15) is 26.2 Å². The Balaban J connectivity index is 2.30. The van der Waals surface area contributed by atoms with Crippen LogP contribution in [-0.2, 0) is 10.0 Å². The number of nitrogen functional groups attached to an aromatic ring is 1. The smallest absolute Gasteiger partial charge is 0.244 e. The molecule has 1 aromatic rings. The van der Waals surface area contributed by atoms with Gasteiger partial charge in [-0.25, -0.2) is 12.8 Å². The van der Waals surface area contributed by atoms with E-state index in [9.17, 15) is 12.8 Å². The quantitative estimate of drug-likeness (QED) is 0.868. The van der Waals surface area contributed by atoms with Crippen LogP contribution in [0.3, 0.4) is 0 Å². The Kier molecular flexibility index (Phi) is 4.56. The molecule has 1 atom stereocenters. The maximum Gasteiger partial charge on any atom is 0.244 e. The van der Waals surface area contributed by atoms with Crippen molar-refractivity contribution in [3.8, 4) is 0 Å². The predicted octanol–water partition coefficient (Wildman–Crippen LogP) is 2.87. The summed E-state index contributed by atoms with van der Waals surface area (Å²) in [6.45, 7) is 3.04. The van der Waals surface area contributed by atoms with Gasteiger partial charge < -0.3 is 5.73 Å². The van der Waals surface area contributed by atoms with Gasteiger partial charge in [0.2, 0.25) is 10.0 Å². The monoisotopic (exact) mass is 320 g/mol. The van der Waals surface area contributed by atoms with Gasteiger partial charge in [0.1, 0.15) is 10.7 Å². The Labute approximate surface area is 123 Å². The maximum atomic E-state index is 13.3. The SMILES string of the molecule is CCCC1CCN(S(=O)(=O)c2cc(N)c(F)cc2Cl)C1. The number of nitrogens with zero attached hydrogens (tertiary/aromatic N) is 1. The molecule has 1 aliphatic heterocycles. The zero-order valence-electron chi connectivity index (χ0n) is 11.3. The standard InChI is InChI=1S/C13H18ClFN2O2S/c1-2-3-9-4-5-17(8-9)20(18,19)13-7-12(16)11(15)6-10(13)14/h6-7,9H,2-5,8,16H2,1H3. The molecule has 1 heterocycles. The Bertz CT molecular complexity index is 607. The highest BCUT2D eigenvalue weighted by Gasteiger charge is 2.33. The Morgan fingerprint density at radius 3 is 2.85 bits per heavy atom. The van der Waals surface area contributed by atoms with E-state index in [1.54, 1.807) is 0 Å². The van der Waals surface area contributed by atoms with Crippen molar-refractivity contribution in [2.75, 3.05) is 18.8 Å². The zero-order chi connectivity index (χ0) is 14.9. The van der Waals surface area contributed by atoms with E-state index < -0.39 is 15.8 Å². The van der Waals surface area contributed by atoms with Crippen LogP contribution >= 0.6 is 11.6 Å². The molecule has 4 nitrogen and oxygen atoms in total. The van der Waals surface area contributed by atoms with Crippen LogP contribution in [0.25, 0.3) is 0 Å². The van der Waals surface area contributed by atoms with Crippen LogP contribution in [-0.4, -0.2) is 25.8 Å². The number of nitrogens with two attached hydrogens (primary N) is 1. The maximum absolute atomic E-state index is 13.3. The predicted molar refractivity (Wildman–Crippen MR) is 77.6 cm³/mol. The van der Waals surface area contributed by atoms with Crippen molar-refractivity contribution >= 4 is 27.3 Å². The van der Waals surface area contributed by atoms with E-state index in [1.165, 1.54) is 4.31 Å². The highest BCUT2D eigenvalue weighted by Crippen LogP contribution is 2.32. The number of halogens is 2. The van der Waals surface area contributed by atoms with Crippen molar-refractivity contribution < 1.29 is 12.8 Å². The molecule has 1 aliphatic rings. The third kappa shape index (κ3) is 2.92. The summed E-state index contributed by atoms with van der Waals surface area (Å²) in [6, 6.07) is 2.05. The average Bonchev–Trinajstić information content (AvgIpc) is 2.83. The lowest BCUT2D eigenvalue weighted by Crippen LogP contribution is -2.29. The van der Waals surface area contributed by atoms with Crippen LogP contribution in [0.2, 0.25) is 5.02 Å². The summed E-state index contributed by atoms with van der Waals surface area (Å²) in [5.74, 6) is -0.328. The molecule has 1 saturated heterocycles. The lowest BCUT2D eigenvalue weighted by Gasteiger charge is -2.18. The molecule has 0 aliphatic carbocycles. The molecule has 1 fully saturated rings. The fraction of sp³-hybridized carbons (Fsp3) is 0.538. The molecule has 1 unspecified atom stereocenters. The second-order valence-electron chi connectivity index (χ2n) is 5.11. The van der Waals surface area contributed by atoms with Crippen LogP contribution < -0.4 is 5.73 Å². The summed E-state index contributed by atoms with van der Waals surface area (Å²) >= 11 is 5.86. The van der Waals surface area contributed by atoms with Crippen molar-refractivity contribution in [2.24, 2.45) is 5.92 Å². The fourth-order valence-corrected chi connectivity index (χ4v) is 4.60. The highest BCUT2D eigenvalue weighted by atomic mass is 35.5. The number of benzene rings is 1. The molecule has 0 saturated carbocycles. The number of anilines is 1. The van der Waals surface area contributed by atoms with Crippen molar-refractivity contribution in [2.45, 2.75) is 31.1 Å². The van der Waals surface area contributed by atoms with E-state index in [0.717, 1.165) is 31.4 Å². The average molecular weight is 321 g/mol. The first-order chi connectivity index (χ1) is 9.36. The minimum atomic E-state index is -3.71. The third-order valence-corrected chi connectivity index (χ3v) is 5.94. The van der Waals surface area contributed by atoms with Crippen LogP contribution in [0.5, 0.6) is 0 Å². The molecule has 0 amide bonds. The molecule has 0 radical (unpaired) electrons. The molecule has 2 rings (SSSR count). The second-order valence-corrected chi connectivity index (χ2v) is 7.42. The van der Waals surface area contributed by atoms with Crippen LogP contribution in [0.4, 0.5) is 10.1 Å². The lowest BCUT2D eigenvalue weighted by molar-refractivity contribution is 0.444. The van der Waals surface area contributed by atoms with Gasteiger partial charge in [-0.3, -0.25) is 0 Å². The molecule has 0 aromatic heterocycles. The minimum absolute atomic E-state index is 0.116. The van der Waals surface area contributed by atoms with Crippen LogP contribution in [0, 0.1) is 11.7 Å². The molecule has 1 aromatic carbocycles. The number of hydrogen-bond donors (Lipinski definition) is 1. The van der Waals surface area contributed by atoms with Crippen molar-refractivity contribution in [1.29, 1.82) is 0 Å². The first kappa shape index (κ1) is 15.5. The zero-order valence-corrected chi connectivity index (χ0v) is 12.8. The first-order valence-corrected chi connectivity index (χ1v) is 8.42. The molecule has 112 valence electrons. The van der Waals surface area contributed by atoms with Crippen molar-refractivity contribution in [3.63, 3.8) is 0 Å². The van der Waals surface area contributed by atoms with E-state index in [0.29, 0.717) is 19.0 Å². The minimum Gasteiger partial charge on any atom is -0.396 e. The van der Waals surface area contributed by atoms with E-state index in [4.69, 9.17) is 17.3 Å². The van der Waals surface area contributed by atoms with Crippen molar-refractivity contribution in [3.05, 3.63) is 23.0 Å². The van der Waals surface area contributed by atoms with Gasteiger partial charge in [-0.15, -0.1) is 0 Å². The summed E-state index contributed by atoms with van der Waals surface area (Å²) in [4.78, 5) is -0.116. The second kappa shape index (κ2) is 5.87. The topological polar surface area (TPSA) is 63.4 Å². The van der Waals surface area contributed by atoms with Gasteiger partial charge >= 0.3 is 0 Å². The van der Waals surface area contributed by atoms with Gasteiger partial charge in [0.25, 0.3) is 0 Å². The van der Waals surface area contributed by atoms with Gasteiger partial charge in [0.15, 0.2) is 0 Å². The molecule has 0 bridgehead atoms. The molecule has 2 N–H and O–H groups in total. The number of sulfonamides is 1. The fourth-order valence-electron chi connectivity index (χ4n) is 2.54. The molecule has 7 heteroatoms. The van der Waals surface area contributed by atoms with Gasteiger partial charge in [-0.05, 0) is 30.9 Å². The molecular weight excluding hydrogens is 303 g/mol. The third-order valence-electron chi connectivity index (χ3n) is 3.61. The molecule has 0 spiro atoms. The normalized spacial score (nSPS) is 20.4. The van der Waals surface area contributed by atoms with Crippen LogP contribution in [0.15, 0.2) is 17.0 Å². The first-order valence-electron chi connectivity index (χ1n) is 6.61. The lowest BCUT2D eigenvalue weighted by atomic mass is 10.0. The summed E-state index contributed by atoms with van der Waals surface area (Å²) in [5.41, 5.74) is 5.23.